The van der Waals surface area contributed by atoms with Crippen LogP contribution in [0, 0.1) is 5.92 Å². The average molecular weight is 314 g/mol. The first kappa shape index (κ1) is 15.6. The molecule has 0 aliphatic carbocycles. The second kappa shape index (κ2) is 6.31. The van der Waals surface area contributed by atoms with Crippen molar-refractivity contribution in [2.45, 2.75) is 12.8 Å². The molecule has 116 valence electrons. The maximum Gasteiger partial charge on any atom is 0.306 e. The highest BCUT2D eigenvalue weighted by molar-refractivity contribution is 7.90. The van der Waals surface area contributed by atoms with Gasteiger partial charge in [-0.25, -0.2) is 0 Å². The highest BCUT2D eigenvalue weighted by atomic mass is 32.2. The predicted octanol–water partition coefficient (Wildman–Crippen LogP) is 1.15. The first-order valence-electron chi connectivity index (χ1n) is 6.57. The maximum atomic E-state index is 12.3. The summed E-state index contributed by atoms with van der Waals surface area (Å²) in [6.45, 7) is 0.409. The Hall–Kier alpha value is -1.80. The molecule has 8 heteroatoms. The van der Waals surface area contributed by atoms with E-state index in [1.54, 1.807) is 24.3 Å². The van der Waals surface area contributed by atoms with Crippen LogP contribution in [0.3, 0.4) is 0 Å². The molecule has 1 aliphatic heterocycles. The van der Waals surface area contributed by atoms with Gasteiger partial charge in [-0.05, 0) is 25.0 Å². The van der Waals surface area contributed by atoms with Gasteiger partial charge < -0.3 is 9.84 Å². The largest absolute Gasteiger partial charge is 0.497 e. The minimum absolute atomic E-state index is 0.205. The predicted molar refractivity (Wildman–Crippen MR) is 77.5 cm³/mol. The molecule has 1 aromatic rings. The van der Waals surface area contributed by atoms with Gasteiger partial charge in [0, 0.05) is 19.2 Å². The van der Waals surface area contributed by atoms with Crippen molar-refractivity contribution in [3.63, 3.8) is 0 Å². The summed E-state index contributed by atoms with van der Waals surface area (Å²) in [5, 5.41) is 8.92. The van der Waals surface area contributed by atoms with Crippen molar-refractivity contribution in [1.82, 2.24) is 4.31 Å². The van der Waals surface area contributed by atoms with E-state index in [1.165, 1.54) is 11.4 Å². The standard InChI is InChI=1S/C13H18N2O5S/c1-20-12-4-2-3-11(9-12)14-21(18,19)15-7-5-10(6-8-15)13(16)17/h2-4,9-10,14H,5-8H2,1H3,(H,16,17). The van der Waals surface area contributed by atoms with Crippen LogP contribution in [0.4, 0.5) is 5.69 Å². The van der Waals surface area contributed by atoms with Crippen LogP contribution in [-0.4, -0.2) is 44.0 Å². The lowest BCUT2D eigenvalue weighted by atomic mass is 9.99. The number of methoxy groups -OCH3 is 1. The number of ether oxygens (including phenoxy) is 1. The Bertz CT molecular complexity index is 609. The molecule has 0 radical (unpaired) electrons. The Morgan fingerprint density at radius 1 is 1.38 bits per heavy atom. The van der Waals surface area contributed by atoms with Crippen molar-refractivity contribution < 1.29 is 23.1 Å². The molecule has 0 spiro atoms. The van der Waals surface area contributed by atoms with Gasteiger partial charge in [0.15, 0.2) is 0 Å². The number of nitrogens with one attached hydrogen (secondary N) is 1. The third-order valence-corrected chi connectivity index (χ3v) is 5.00. The number of hydrogen-bond donors (Lipinski definition) is 2. The maximum absolute atomic E-state index is 12.3. The SMILES string of the molecule is COc1cccc(NS(=O)(=O)N2CCC(C(=O)O)CC2)c1. The zero-order valence-corrected chi connectivity index (χ0v) is 12.5. The number of carbonyl (C=O) groups is 1. The molecular formula is C13H18N2O5S. The summed E-state index contributed by atoms with van der Waals surface area (Å²) in [4.78, 5) is 10.9. The molecule has 1 aromatic carbocycles. The lowest BCUT2D eigenvalue weighted by Crippen LogP contribution is -2.42. The van der Waals surface area contributed by atoms with Crippen LogP contribution < -0.4 is 9.46 Å². The van der Waals surface area contributed by atoms with Gasteiger partial charge in [-0.2, -0.15) is 12.7 Å². The topological polar surface area (TPSA) is 95.9 Å². The molecule has 21 heavy (non-hydrogen) atoms. The molecule has 0 unspecified atom stereocenters. The minimum Gasteiger partial charge on any atom is -0.497 e. The number of aliphatic carboxylic acids is 1. The Labute approximate surface area is 123 Å². The van der Waals surface area contributed by atoms with E-state index in [0.29, 0.717) is 24.3 Å². The number of nitrogens with zero attached hydrogens (tertiary/aromatic N) is 1. The van der Waals surface area contributed by atoms with Crippen molar-refractivity contribution in [3.8, 4) is 5.75 Å². The fourth-order valence-electron chi connectivity index (χ4n) is 2.24. The van der Waals surface area contributed by atoms with Gasteiger partial charge in [-0.1, -0.05) is 6.07 Å². The molecule has 1 fully saturated rings. The second-order valence-corrected chi connectivity index (χ2v) is 6.52. The molecule has 1 saturated heterocycles. The molecule has 2 rings (SSSR count). The molecule has 1 heterocycles. The Kier molecular flexibility index (Phi) is 4.69. The molecule has 0 amide bonds. The monoisotopic (exact) mass is 314 g/mol. The van der Waals surface area contributed by atoms with Gasteiger partial charge in [-0.3, -0.25) is 9.52 Å². The summed E-state index contributed by atoms with van der Waals surface area (Å²) in [5.41, 5.74) is 0.412. The zero-order valence-electron chi connectivity index (χ0n) is 11.7. The highest BCUT2D eigenvalue weighted by Gasteiger charge is 2.30. The van der Waals surface area contributed by atoms with E-state index in [9.17, 15) is 13.2 Å². The van der Waals surface area contributed by atoms with Crippen LogP contribution in [0.25, 0.3) is 0 Å². The fourth-order valence-corrected chi connectivity index (χ4v) is 3.49. The smallest absolute Gasteiger partial charge is 0.306 e. The normalized spacial score (nSPS) is 17.4. The van der Waals surface area contributed by atoms with Crippen LogP contribution in [0.15, 0.2) is 24.3 Å². The Morgan fingerprint density at radius 2 is 2.05 bits per heavy atom. The lowest BCUT2D eigenvalue weighted by Gasteiger charge is -2.29. The number of carboxylic acid groups (broad SMARTS) is 1. The van der Waals surface area contributed by atoms with Gasteiger partial charge in [0.05, 0.1) is 18.7 Å². The number of rotatable bonds is 5. The van der Waals surface area contributed by atoms with Gasteiger partial charge in [-0.15, -0.1) is 0 Å². The summed E-state index contributed by atoms with van der Waals surface area (Å²) < 4.78 is 33.3. The summed E-state index contributed by atoms with van der Waals surface area (Å²) in [6, 6.07) is 6.62. The Morgan fingerprint density at radius 3 is 2.62 bits per heavy atom. The summed E-state index contributed by atoms with van der Waals surface area (Å²) in [5.74, 6) is -0.777. The molecule has 0 atom stereocenters. The van der Waals surface area contributed by atoms with Gasteiger partial charge in [0.25, 0.3) is 0 Å². The number of carboxylic acids is 1. The van der Waals surface area contributed by atoms with Crippen LogP contribution >= 0.6 is 0 Å². The van der Waals surface area contributed by atoms with Crippen molar-refractivity contribution in [1.29, 1.82) is 0 Å². The number of piperidine rings is 1. The third-order valence-electron chi connectivity index (χ3n) is 3.46. The molecule has 1 aliphatic rings. The van der Waals surface area contributed by atoms with Crippen molar-refractivity contribution >= 4 is 21.9 Å². The van der Waals surface area contributed by atoms with Gasteiger partial charge >= 0.3 is 16.2 Å². The van der Waals surface area contributed by atoms with Crippen LogP contribution in [0.2, 0.25) is 0 Å². The lowest BCUT2D eigenvalue weighted by molar-refractivity contribution is -0.142. The van der Waals surface area contributed by atoms with Crippen LogP contribution in [0.5, 0.6) is 5.75 Å². The van der Waals surface area contributed by atoms with Crippen molar-refractivity contribution in [3.05, 3.63) is 24.3 Å². The van der Waals surface area contributed by atoms with Crippen molar-refractivity contribution in [2.75, 3.05) is 24.9 Å². The van der Waals surface area contributed by atoms with E-state index in [0.717, 1.165) is 0 Å². The van der Waals surface area contributed by atoms with Crippen LogP contribution in [-0.2, 0) is 15.0 Å². The minimum atomic E-state index is -3.68. The van der Waals surface area contributed by atoms with E-state index in [1.807, 2.05) is 0 Å². The number of hydrogen-bond acceptors (Lipinski definition) is 4. The first-order valence-corrected chi connectivity index (χ1v) is 8.01. The summed E-state index contributed by atoms with van der Waals surface area (Å²) in [6.07, 6.45) is 0.655. The summed E-state index contributed by atoms with van der Waals surface area (Å²) >= 11 is 0. The number of benzene rings is 1. The average Bonchev–Trinajstić information content (AvgIpc) is 2.47. The third kappa shape index (κ3) is 3.85. The first-order chi connectivity index (χ1) is 9.92. The highest BCUT2D eigenvalue weighted by Crippen LogP contribution is 2.22. The molecule has 2 N–H and O–H groups in total. The van der Waals surface area contributed by atoms with E-state index < -0.39 is 22.1 Å². The second-order valence-electron chi connectivity index (χ2n) is 4.85. The van der Waals surface area contributed by atoms with E-state index >= 15 is 0 Å². The van der Waals surface area contributed by atoms with Gasteiger partial charge in [0.1, 0.15) is 5.75 Å². The molecule has 7 nitrogen and oxygen atoms in total. The van der Waals surface area contributed by atoms with Crippen molar-refractivity contribution in [2.24, 2.45) is 5.92 Å². The van der Waals surface area contributed by atoms with Gasteiger partial charge in [0.2, 0.25) is 0 Å². The van der Waals surface area contributed by atoms with E-state index in [-0.39, 0.29) is 13.1 Å². The van der Waals surface area contributed by atoms with Crippen LogP contribution in [0.1, 0.15) is 12.8 Å². The van der Waals surface area contributed by atoms with E-state index in [4.69, 9.17) is 9.84 Å². The Balaban J connectivity index is 2.03. The molecular weight excluding hydrogens is 296 g/mol. The number of anilines is 1. The zero-order chi connectivity index (χ0) is 15.5. The van der Waals surface area contributed by atoms with E-state index in [2.05, 4.69) is 4.72 Å². The molecule has 0 aromatic heterocycles. The molecule has 0 saturated carbocycles. The molecule has 0 bridgehead atoms. The summed E-state index contributed by atoms with van der Waals surface area (Å²) in [7, 11) is -2.17. The quantitative estimate of drug-likeness (QED) is 0.850. The fraction of sp³-hybridized carbons (Fsp3) is 0.462.